The quantitative estimate of drug-likeness (QED) is 0.591. The SMILES string of the molecule is CC(C)OC(=O)[C@@H]1C(=O)C[C@](C)(O)[C@H](C(=O)OC(C)C)[C@H]1c1ccc(Cl)cc1. The molecule has 0 amide bonds. The second-order valence-corrected chi connectivity index (χ2v) is 8.44. The molecule has 1 aromatic rings. The number of carbonyl (C=O) groups is 3. The van der Waals surface area contributed by atoms with Crippen molar-refractivity contribution in [3.8, 4) is 0 Å². The second kappa shape index (κ2) is 8.62. The number of ketones is 1. The van der Waals surface area contributed by atoms with Gasteiger partial charge in [0.15, 0.2) is 5.78 Å². The molecule has 1 aliphatic rings. The Hall–Kier alpha value is -1.92. The van der Waals surface area contributed by atoms with E-state index in [2.05, 4.69) is 0 Å². The van der Waals surface area contributed by atoms with E-state index >= 15 is 0 Å². The number of Topliss-reactive ketones (excluding diaryl/α,β-unsaturated/α-hetero) is 1. The lowest BCUT2D eigenvalue weighted by Crippen LogP contribution is -2.55. The molecule has 1 saturated carbocycles. The lowest BCUT2D eigenvalue weighted by molar-refractivity contribution is -0.176. The van der Waals surface area contributed by atoms with Gasteiger partial charge in [-0.2, -0.15) is 0 Å². The van der Waals surface area contributed by atoms with Crippen LogP contribution in [0.1, 0.15) is 52.5 Å². The van der Waals surface area contributed by atoms with Gasteiger partial charge in [0, 0.05) is 17.4 Å². The smallest absolute Gasteiger partial charge is 0.317 e. The molecule has 0 aromatic heterocycles. The number of carbonyl (C=O) groups excluding carboxylic acids is 3. The molecule has 6 nitrogen and oxygen atoms in total. The number of hydrogen-bond donors (Lipinski definition) is 1. The number of halogens is 1. The van der Waals surface area contributed by atoms with Gasteiger partial charge in [-0.25, -0.2) is 0 Å². The Balaban J connectivity index is 2.59. The first-order valence-electron chi connectivity index (χ1n) is 9.35. The third kappa shape index (κ3) is 4.92. The highest BCUT2D eigenvalue weighted by molar-refractivity contribution is 6.30. The molecule has 1 N–H and O–H groups in total. The maximum atomic E-state index is 12.9. The van der Waals surface area contributed by atoms with Crippen molar-refractivity contribution in [3.63, 3.8) is 0 Å². The molecule has 7 heteroatoms. The molecule has 0 spiro atoms. The van der Waals surface area contributed by atoms with Gasteiger partial charge in [0.25, 0.3) is 0 Å². The molecule has 0 unspecified atom stereocenters. The van der Waals surface area contributed by atoms with E-state index in [4.69, 9.17) is 21.1 Å². The molecule has 154 valence electrons. The summed E-state index contributed by atoms with van der Waals surface area (Å²) in [5, 5.41) is 11.4. The number of aliphatic hydroxyl groups is 1. The molecular weight excluding hydrogens is 384 g/mol. The minimum atomic E-state index is -1.66. The maximum absolute atomic E-state index is 12.9. The van der Waals surface area contributed by atoms with E-state index in [1.54, 1.807) is 52.0 Å². The predicted octanol–water partition coefficient (Wildman–Crippen LogP) is 3.28. The van der Waals surface area contributed by atoms with Crippen molar-refractivity contribution in [3.05, 3.63) is 34.9 Å². The monoisotopic (exact) mass is 410 g/mol. The van der Waals surface area contributed by atoms with Crippen LogP contribution >= 0.6 is 11.6 Å². The van der Waals surface area contributed by atoms with Crippen LogP contribution in [-0.4, -0.2) is 40.6 Å². The summed E-state index contributed by atoms with van der Waals surface area (Å²) < 4.78 is 10.7. The summed E-state index contributed by atoms with van der Waals surface area (Å²) in [7, 11) is 0. The first-order valence-corrected chi connectivity index (χ1v) is 9.73. The summed E-state index contributed by atoms with van der Waals surface area (Å²) in [6, 6.07) is 6.51. The van der Waals surface area contributed by atoms with Crippen LogP contribution in [0.3, 0.4) is 0 Å². The van der Waals surface area contributed by atoms with E-state index in [-0.39, 0.29) is 6.42 Å². The molecule has 1 fully saturated rings. The Labute approximate surface area is 170 Å². The fourth-order valence-corrected chi connectivity index (χ4v) is 3.84. The highest BCUT2D eigenvalue weighted by Crippen LogP contribution is 2.47. The molecular formula is C21H27ClO6. The van der Waals surface area contributed by atoms with Crippen LogP contribution in [0.15, 0.2) is 24.3 Å². The fourth-order valence-electron chi connectivity index (χ4n) is 3.71. The van der Waals surface area contributed by atoms with E-state index in [1.165, 1.54) is 6.92 Å². The standard InChI is InChI=1S/C21H27ClO6/c1-11(2)27-19(24)17-15(23)10-21(5,26)18(20(25)28-12(3)4)16(17)13-6-8-14(22)9-7-13/h6-9,11-12,16-18,26H,10H2,1-5H3/t16-,17+,18-,21-/m0/s1. The number of esters is 2. The normalized spacial score (nSPS) is 27.8. The molecule has 1 aliphatic carbocycles. The van der Waals surface area contributed by atoms with E-state index < -0.39 is 53.3 Å². The average molecular weight is 411 g/mol. The number of hydrogen-bond acceptors (Lipinski definition) is 6. The summed E-state index contributed by atoms with van der Waals surface area (Å²) in [6.45, 7) is 8.18. The largest absolute Gasteiger partial charge is 0.463 e. The van der Waals surface area contributed by atoms with Gasteiger partial charge in [0.05, 0.1) is 23.7 Å². The highest BCUT2D eigenvalue weighted by atomic mass is 35.5. The van der Waals surface area contributed by atoms with Crippen LogP contribution in [0, 0.1) is 11.8 Å². The Morgan fingerprint density at radius 2 is 1.57 bits per heavy atom. The molecule has 0 saturated heterocycles. The van der Waals surface area contributed by atoms with Crippen LogP contribution in [0.4, 0.5) is 0 Å². The Bertz CT molecular complexity index is 730. The Kier molecular flexibility index (Phi) is 6.88. The molecule has 2 rings (SSSR count). The maximum Gasteiger partial charge on any atom is 0.317 e. The zero-order valence-corrected chi connectivity index (χ0v) is 17.5. The molecule has 0 bridgehead atoms. The summed E-state index contributed by atoms with van der Waals surface area (Å²) >= 11 is 5.97. The third-order valence-corrected chi connectivity index (χ3v) is 4.99. The Morgan fingerprint density at radius 1 is 1.07 bits per heavy atom. The lowest BCUT2D eigenvalue weighted by atomic mass is 9.61. The molecule has 0 radical (unpaired) electrons. The topological polar surface area (TPSA) is 89.9 Å². The van der Waals surface area contributed by atoms with E-state index in [0.29, 0.717) is 10.6 Å². The van der Waals surface area contributed by atoms with Crippen molar-refractivity contribution in [1.82, 2.24) is 0 Å². The van der Waals surface area contributed by atoms with Gasteiger partial charge in [0.1, 0.15) is 5.92 Å². The van der Waals surface area contributed by atoms with Crippen LogP contribution in [0.25, 0.3) is 0 Å². The van der Waals surface area contributed by atoms with E-state index in [0.717, 1.165) is 0 Å². The van der Waals surface area contributed by atoms with Crippen molar-refractivity contribution in [2.45, 2.75) is 64.8 Å². The minimum absolute atomic E-state index is 0.340. The predicted molar refractivity (Wildman–Crippen MR) is 104 cm³/mol. The molecule has 0 heterocycles. The minimum Gasteiger partial charge on any atom is -0.463 e. The second-order valence-electron chi connectivity index (χ2n) is 8.00. The molecule has 1 aromatic carbocycles. The van der Waals surface area contributed by atoms with Crippen LogP contribution in [0.5, 0.6) is 0 Å². The lowest BCUT2D eigenvalue weighted by Gasteiger charge is -2.44. The van der Waals surface area contributed by atoms with Crippen molar-refractivity contribution >= 4 is 29.3 Å². The zero-order valence-electron chi connectivity index (χ0n) is 16.8. The van der Waals surface area contributed by atoms with Gasteiger partial charge in [-0.05, 0) is 52.3 Å². The van der Waals surface area contributed by atoms with Gasteiger partial charge >= 0.3 is 11.9 Å². The number of benzene rings is 1. The van der Waals surface area contributed by atoms with Gasteiger partial charge in [-0.3, -0.25) is 14.4 Å². The summed E-state index contributed by atoms with van der Waals surface area (Å²) in [5.74, 6) is -5.09. The first kappa shape index (κ1) is 22.4. The van der Waals surface area contributed by atoms with Crippen molar-refractivity contribution < 1.29 is 29.0 Å². The summed E-state index contributed by atoms with van der Waals surface area (Å²) in [6.07, 6.45) is -1.17. The van der Waals surface area contributed by atoms with Crippen molar-refractivity contribution in [2.24, 2.45) is 11.8 Å². The highest BCUT2D eigenvalue weighted by Gasteiger charge is 2.57. The first-order chi connectivity index (χ1) is 12.9. The summed E-state index contributed by atoms with van der Waals surface area (Å²) in [5.41, 5.74) is -1.13. The van der Waals surface area contributed by atoms with Gasteiger partial charge in [0.2, 0.25) is 0 Å². The third-order valence-electron chi connectivity index (χ3n) is 4.73. The van der Waals surface area contributed by atoms with Gasteiger partial charge in [-0.1, -0.05) is 23.7 Å². The fraction of sp³-hybridized carbons (Fsp3) is 0.571. The van der Waals surface area contributed by atoms with Crippen LogP contribution < -0.4 is 0 Å². The molecule has 4 atom stereocenters. The van der Waals surface area contributed by atoms with E-state index in [9.17, 15) is 19.5 Å². The number of ether oxygens (including phenoxy) is 2. The summed E-state index contributed by atoms with van der Waals surface area (Å²) in [4.78, 5) is 38.5. The molecule has 0 aliphatic heterocycles. The van der Waals surface area contributed by atoms with Gasteiger partial charge in [-0.15, -0.1) is 0 Å². The van der Waals surface area contributed by atoms with Crippen LogP contribution in [-0.2, 0) is 23.9 Å². The Morgan fingerprint density at radius 3 is 2.07 bits per heavy atom. The average Bonchev–Trinajstić information content (AvgIpc) is 2.52. The van der Waals surface area contributed by atoms with Gasteiger partial charge < -0.3 is 14.6 Å². The van der Waals surface area contributed by atoms with Crippen molar-refractivity contribution in [1.29, 1.82) is 0 Å². The van der Waals surface area contributed by atoms with Crippen molar-refractivity contribution in [2.75, 3.05) is 0 Å². The zero-order chi connectivity index (χ0) is 21.2. The molecule has 28 heavy (non-hydrogen) atoms. The van der Waals surface area contributed by atoms with E-state index in [1.807, 2.05) is 0 Å². The van der Waals surface area contributed by atoms with Crippen LogP contribution in [0.2, 0.25) is 5.02 Å². The number of rotatable bonds is 5.